The number of carbonyl (C=O) groups excluding carboxylic acids is 1. The number of aryl methyl sites for hydroxylation is 1. The fourth-order valence-electron chi connectivity index (χ4n) is 1.59. The van der Waals surface area contributed by atoms with Gasteiger partial charge in [0, 0.05) is 24.9 Å². The molecule has 0 heterocycles. The highest BCUT2D eigenvalue weighted by Gasteiger charge is 2.10. The van der Waals surface area contributed by atoms with Gasteiger partial charge >= 0.3 is 0 Å². The summed E-state index contributed by atoms with van der Waals surface area (Å²) in [6, 6.07) is 5.34. The summed E-state index contributed by atoms with van der Waals surface area (Å²) in [5.74, 6) is 0.211. The molecule has 0 aliphatic carbocycles. The Morgan fingerprint density at radius 3 is 2.78 bits per heavy atom. The van der Waals surface area contributed by atoms with Gasteiger partial charge in [-0.25, -0.2) is 0 Å². The minimum absolute atomic E-state index is 0. The van der Waals surface area contributed by atoms with Crippen LogP contribution in [0.4, 0.5) is 5.69 Å². The lowest BCUT2D eigenvalue weighted by molar-refractivity contribution is 0.0933. The van der Waals surface area contributed by atoms with E-state index < -0.39 is 0 Å². The van der Waals surface area contributed by atoms with Gasteiger partial charge in [-0.1, -0.05) is 13.0 Å². The maximum absolute atomic E-state index is 11.9. The number of rotatable bonds is 5. The van der Waals surface area contributed by atoms with Gasteiger partial charge in [0.15, 0.2) is 0 Å². The number of ether oxygens (including phenoxy) is 1. The number of hydrogen-bond donors (Lipinski definition) is 2. The molecule has 1 aromatic carbocycles. The van der Waals surface area contributed by atoms with Crippen molar-refractivity contribution in [3.05, 3.63) is 29.3 Å². The predicted octanol–water partition coefficient (Wildman–Crippen LogP) is 2.01. The molecule has 102 valence electrons. The van der Waals surface area contributed by atoms with Crippen molar-refractivity contribution in [2.24, 2.45) is 5.92 Å². The summed E-state index contributed by atoms with van der Waals surface area (Å²) in [6.45, 7) is 5.15. The quantitative estimate of drug-likeness (QED) is 0.806. The lowest BCUT2D eigenvalue weighted by Crippen LogP contribution is -2.30. The molecule has 0 fully saturated rings. The fourth-order valence-corrected chi connectivity index (χ4v) is 1.59. The number of carbonyl (C=O) groups is 1. The summed E-state index contributed by atoms with van der Waals surface area (Å²) in [7, 11) is 1.65. The Kier molecular flexibility index (Phi) is 7.39. The van der Waals surface area contributed by atoms with Crippen molar-refractivity contribution < 1.29 is 9.53 Å². The highest BCUT2D eigenvalue weighted by molar-refractivity contribution is 5.96. The lowest BCUT2D eigenvalue weighted by Gasteiger charge is -2.12. The van der Waals surface area contributed by atoms with Crippen molar-refractivity contribution >= 4 is 24.0 Å². The van der Waals surface area contributed by atoms with Crippen molar-refractivity contribution in [1.29, 1.82) is 0 Å². The largest absolute Gasteiger partial charge is 0.399 e. The van der Waals surface area contributed by atoms with E-state index in [-0.39, 0.29) is 18.3 Å². The Morgan fingerprint density at radius 1 is 1.50 bits per heavy atom. The molecule has 0 radical (unpaired) electrons. The third kappa shape index (κ3) is 4.94. The van der Waals surface area contributed by atoms with Gasteiger partial charge in [0.05, 0.1) is 6.61 Å². The number of nitrogens with two attached hydrogens (primary N) is 1. The second kappa shape index (κ2) is 7.95. The van der Waals surface area contributed by atoms with Gasteiger partial charge in [0.25, 0.3) is 5.91 Å². The molecule has 0 saturated carbocycles. The highest BCUT2D eigenvalue weighted by atomic mass is 35.5. The predicted molar refractivity (Wildman–Crippen MR) is 76.2 cm³/mol. The Balaban J connectivity index is 0.00000289. The molecule has 0 aromatic heterocycles. The van der Waals surface area contributed by atoms with Crippen LogP contribution in [0.15, 0.2) is 18.2 Å². The van der Waals surface area contributed by atoms with Crippen molar-refractivity contribution in [2.45, 2.75) is 13.8 Å². The Morgan fingerprint density at radius 2 is 2.17 bits per heavy atom. The first-order valence-corrected chi connectivity index (χ1v) is 5.68. The lowest BCUT2D eigenvalue weighted by atomic mass is 10.1. The van der Waals surface area contributed by atoms with Gasteiger partial charge < -0.3 is 15.8 Å². The van der Waals surface area contributed by atoms with Gasteiger partial charge in [-0.05, 0) is 30.5 Å². The standard InChI is InChI=1S/C13H20N2O2.ClH/c1-9(8-17-3)7-15-13(16)12-6-11(14)5-4-10(12)2;/h4-6,9H,7-8,14H2,1-3H3,(H,15,16);1H. The molecule has 1 amide bonds. The summed E-state index contributed by atoms with van der Waals surface area (Å²) < 4.78 is 5.01. The van der Waals surface area contributed by atoms with Crippen LogP contribution >= 0.6 is 12.4 Å². The van der Waals surface area contributed by atoms with E-state index in [4.69, 9.17) is 10.5 Å². The molecule has 1 rings (SSSR count). The van der Waals surface area contributed by atoms with E-state index in [1.165, 1.54) is 0 Å². The molecule has 5 heteroatoms. The molecule has 3 N–H and O–H groups in total. The van der Waals surface area contributed by atoms with Crippen molar-refractivity contribution in [3.8, 4) is 0 Å². The van der Waals surface area contributed by atoms with Crippen LogP contribution in [-0.4, -0.2) is 26.2 Å². The molecule has 18 heavy (non-hydrogen) atoms. The molecule has 1 unspecified atom stereocenters. The molecule has 4 nitrogen and oxygen atoms in total. The number of amides is 1. The smallest absolute Gasteiger partial charge is 0.251 e. The maximum Gasteiger partial charge on any atom is 0.251 e. The molecule has 0 aliphatic heterocycles. The molecule has 1 aromatic rings. The zero-order chi connectivity index (χ0) is 12.8. The van der Waals surface area contributed by atoms with Crippen molar-refractivity contribution in [2.75, 3.05) is 26.0 Å². The third-order valence-corrected chi connectivity index (χ3v) is 2.57. The summed E-state index contributed by atoms with van der Waals surface area (Å²) in [4.78, 5) is 11.9. The topological polar surface area (TPSA) is 64.3 Å². The fraction of sp³-hybridized carbons (Fsp3) is 0.462. The second-order valence-electron chi connectivity index (χ2n) is 4.34. The summed E-state index contributed by atoms with van der Waals surface area (Å²) in [6.07, 6.45) is 0. The average Bonchev–Trinajstić information content (AvgIpc) is 2.29. The highest BCUT2D eigenvalue weighted by Crippen LogP contribution is 2.12. The van der Waals surface area contributed by atoms with Crippen LogP contribution in [0.3, 0.4) is 0 Å². The normalized spacial score (nSPS) is 11.5. The Labute approximate surface area is 114 Å². The van der Waals surface area contributed by atoms with Crippen molar-refractivity contribution in [3.63, 3.8) is 0 Å². The molecule has 0 spiro atoms. The van der Waals surface area contributed by atoms with Crippen molar-refractivity contribution in [1.82, 2.24) is 5.32 Å². The van der Waals surface area contributed by atoms with Gasteiger partial charge in [0.1, 0.15) is 0 Å². The zero-order valence-electron chi connectivity index (χ0n) is 11.0. The maximum atomic E-state index is 11.9. The van der Waals surface area contributed by atoms with Crippen LogP contribution in [0.2, 0.25) is 0 Å². The minimum Gasteiger partial charge on any atom is -0.399 e. The van der Waals surface area contributed by atoms with Gasteiger partial charge in [0.2, 0.25) is 0 Å². The van der Waals surface area contributed by atoms with Crippen LogP contribution in [0.5, 0.6) is 0 Å². The minimum atomic E-state index is -0.0854. The molecular weight excluding hydrogens is 252 g/mol. The van der Waals surface area contributed by atoms with E-state index in [1.807, 2.05) is 19.9 Å². The van der Waals surface area contributed by atoms with Gasteiger partial charge in [-0.15, -0.1) is 12.4 Å². The van der Waals surface area contributed by atoms with E-state index in [2.05, 4.69) is 5.32 Å². The molecule has 1 atom stereocenters. The second-order valence-corrected chi connectivity index (χ2v) is 4.34. The van der Waals surface area contributed by atoms with Crippen LogP contribution in [-0.2, 0) is 4.74 Å². The SMILES string of the molecule is COCC(C)CNC(=O)c1cc(N)ccc1C.Cl. The number of halogens is 1. The number of methoxy groups -OCH3 is 1. The van der Waals surface area contributed by atoms with Gasteiger partial charge in [-0.2, -0.15) is 0 Å². The average molecular weight is 273 g/mol. The number of anilines is 1. The first-order valence-electron chi connectivity index (χ1n) is 5.68. The van der Waals surface area contributed by atoms with E-state index >= 15 is 0 Å². The van der Waals surface area contributed by atoms with Gasteiger partial charge in [-0.3, -0.25) is 4.79 Å². The third-order valence-electron chi connectivity index (χ3n) is 2.57. The Bertz CT molecular complexity index is 397. The molecule has 0 bridgehead atoms. The van der Waals surface area contributed by atoms with Crippen LogP contribution < -0.4 is 11.1 Å². The summed E-state index contributed by atoms with van der Waals surface area (Å²) in [5.41, 5.74) is 7.83. The summed E-state index contributed by atoms with van der Waals surface area (Å²) >= 11 is 0. The van der Waals surface area contributed by atoms with E-state index in [9.17, 15) is 4.79 Å². The van der Waals surface area contributed by atoms with Crippen LogP contribution in [0.25, 0.3) is 0 Å². The molecule has 0 aliphatic rings. The number of hydrogen-bond acceptors (Lipinski definition) is 3. The number of nitrogens with one attached hydrogen (secondary N) is 1. The van der Waals surface area contributed by atoms with E-state index in [1.54, 1.807) is 19.2 Å². The molecule has 0 saturated heterocycles. The number of benzene rings is 1. The Hall–Kier alpha value is -1.26. The zero-order valence-corrected chi connectivity index (χ0v) is 11.8. The first-order chi connectivity index (χ1) is 8.04. The van der Waals surface area contributed by atoms with Crippen LogP contribution in [0, 0.1) is 12.8 Å². The van der Waals surface area contributed by atoms with E-state index in [0.717, 1.165) is 5.56 Å². The monoisotopic (exact) mass is 272 g/mol. The van der Waals surface area contributed by atoms with Crippen LogP contribution in [0.1, 0.15) is 22.8 Å². The molecular formula is C13H21ClN2O2. The summed E-state index contributed by atoms with van der Waals surface area (Å²) in [5, 5.41) is 2.88. The van der Waals surface area contributed by atoms with E-state index in [0.29, 0.717) is 30.3 Å². The number of nitrogen functional groups attached to an aromatic ring is 1. The first kappa shape index (κ1) is 16.7.